The van der Waals surface area contributed by atoms with Crippen LogP contribution in [0.5, 0.6) is 0 Å². The van der Waals surface area contributed by atoms with Gasteiger partial charge in [-0.05, 0) is 23.8 Å². The van der Waals surface area contributed by atoms with E-state index in [0.717, 1.165) is 0 Å². The van der Waals surface area contributed by atoms with Gasteiger partial charge in [-0.25, -0.2) is 14.6 Å². The van der Waals surface area contributed by atoms with Crippen LogP contribution in [-0.4, -0.2) is 34.1 Å². The summed E-state index contributed by atoms with van der Waals surface area (Å²) in [5.74, 6) is -1.08. The van der Waals surface area contributed by atoms with Crippen LogP contribution in [0.1, 0.15) is 16.1 Å². The van der Waals surface area contributed by atoms with Crippen molar-refractivity contribution in [2.24, 2.45) is 0 Å². The van der Waals surface area contributed by atoms with Crippen LogP contribution in [0.3, 0.4) is 0 Å². The van der Waals surface area contributed by atoms with Crippen LogP contribution in [0.25, 0.3) is 0 Å². The molecule has 0 unspecified atom stereocenters. The van der Waals surface area contributed by atoms with Crippen LogP contribution in [-0.2, 0) is 6.54 Å². The number of carboxylic acids is 1. The minimum absolute atomic E-state index is 0.0300. The molecule has 0 spiro atoms. The number of carbonyl (C=O) groups excluding carboxylic acids is 1. The second kappa shape index (κ2) is 6.47. The third kappa shape index (κ3) is 3.75. The summed E-state index contributed by atoms with van der Waals surface area (Å²) in [6, 6.07) is 6.24. The van der Waals surface area contributed by atoms with Gasteiger partial charge in [0.05, 0.1) is 11.9 Å². The number of rotatable bonds is 4. The van der Waals surface area contributed by atoms with E-state index >= 15 is 0 Å². The molecular formula is C14H14N4O3. The van der Waals surface area contributed by atoms with Gasteiger partial charge in [0.15, 0.2) is 0 Å². The van der Waals surface area contributed by atoms with Gasteiger partial charge in [0, 0.05) is 26.0 Å². The molecule has 108 valence electrons. The zero-order chi connectivity index (χ0) is 15.2. The van der Waals surface area contributed by atoms with E-state index in [4.69, 9.17) is 5.11 Å². The molecule has 2 aromatic rings. The molecule has 0 bridgehead atoms. The maximum atomic E-state index is 12.0. The molecule has 0 fully saturated rings. The Morgan fingerprint density at radius 3 is 2.67 bits per heavy atom. The zero-order valence-corrected chi connectivity index (χ0v) is 11.4. The van der Waals surface area contributed by atoms with Crippen molar-refractivity contribution in [1.82, 2.24) is 15.3 Å². The lowest BCUT2D eigenvalue weighted by Crippen LogP contribution is -2.36. The van der Waals surface area contributed by atoms with Crippen LogP contribution in [0, 0.1) is 0 Å². The first kappa shape index (κ1) is 14.4. The highest BCUT2D eigenvalue weighted by Crippen LogP contribution is 2.09. The highest BCUT2D eigenvalue weighted by molar-refractivity contribution is 5.91. The van der Waals surface area contributed by atoms with E-state index in [-0.39, 0.29) is 18.3 Å². The predicted octanol–water partition coefficient (Wildman–Crippen LogP) is 1.52. The van der Waals surface area contributed by atoms with Crippen LogP contribution in [0.2, 0.25) is 0 Å². The molecule has 7 nitrogen and oxygen atoms in total. The normalized spacial score (nSPS) is 9.95. The molecular weight excluding hydrogens is 272 g/mol. The molecule has 0 aliphatic heterocycles. The summed E-state index contributed by atoms with van der Waals surface area (Å²) in [4.78, 5) is 31.8. The van der Waals surface area contributed by atoms with E-state index in [0.29, 0.717) is 11.3 Å². The highest BCUT2D eigenvalue weighted by Gasteiger charge is 2.10. The molecule has 0 aliphatic carbocycles. The Balaban J connectivity index is 1.93. The second-order valence-corrected chi connectivity index (χ2v) is 4.29. The highest BCUT2D eigenvalue weighted by atomic mass is 16.4. The summed E-state index contributed by atoms with van der Waals surface area (Å²) in [5, 5.41) is 11.5. The van der Waals surface area contributed by atoms with Gasteiger partial charge >= 0.3 is 12.0 Å². The Kier molecular flexibility index (Phi) is 4.45. The Morgan fingerprint density at radius 1 is 1.29 bits per heavy atom. The minimum Gasteiger partial charge on any atom is -0.477 e. The lowest BCUT2D eigenvalue weighted by atomic mass is 10.2. The fourth-order valence-corrected chi connectivity index (χ4v) is 1.62. The van der Waals surface area contributed by atoms with Crippen molar-refractivity contribution in [3.05, 3.63) is 54.1 Å². The first-order valence-electron chi connectivity index (χ1n) is 6.17. The standard InChI is InChI=1S/C14H14N4O3/c1-18(11-3-2-6-15-9-11)14(21)17-8-10-4-5-12(13(19)20)16-7-10/h2-7,9H,8H2,1H3,(H,17,21)(H,19,20). The first-order chi connectivity index (χ1) is 10.1. The van der Waals surface area contributed by atoms with Crippen LogP contribution >= 0.6 is 0 Å². The third-order valence-corrected chi connectivity index (χ3v) is 2.83. The molecule has 2 amide bonds. The van der Waals surface area contributed by atoms with Gasteiger partial charge in [-0.2, -0.15) is 0 Å². The molecule has 7 heteroatoms. The van der Waals surface area contributed by atoms with E-state index in [1.165, 1.54) is 17.2 Å². The molecule has 2 N–H and O–H groups in total. The van der Waals surface area contributed by atoms with Gasteiger partial charge < -0.3 is 10.4 Å². The predicted molar refractivity (Wildman–Crippen MR) is 76.1 cm³/mol. The largest absolute Gasteiger partial charge is 0.477 e. The molecule has 2 rings (SSSR count). The van der Waals surface area contributed by atoms with Crippen LogP contribution in [0.15, 0.2) is 42.9 Å². The number of carboxylic acid groups (broad SMARTS) is 1. The first-order valence-corrected chi connectivity index (χ1v) is 6.17. The fraction of sp³-hybridized carbons (Fsp3) is 0.143. The lowest BCUT2D eigenvalue weighted by molar-refractivity contribution is 0.0690. The van der Waals surface area contributed by atoms with Crippen molar-refractivity contribution in [1.29, 1.82) is 0 Å². The lowest BCUT2D eigenvalue weighted by Gasteiger charge is -2.17. The molecule has 0 radical (unpaired) electrons. The van der Waals surface area contributed by atoms with Crippen molar-refractivity contribution in [3.8, 4) is 0 Å². The average Bonchev–Trinajstić information content (AvgIpc) is 2.53. The monoisotopic (exact) mass is 286 g/mol. The van der Waals surface area contributed by atoms with E-state index in [1.807, 2.05) is 0 Å². The summed E-state index contributed by atoms with van der Waals surface area (Å²) in [6.45, 7) is 0.260. The van der Waals surface area contributed by atoms with Crippen LogP contribution < -0.4 is 10.2 Å². The number of aromatic nitrogens is 2. The zero-order valence-electron chi connectivity index (χ0n) is 11.4. The average molecular weight is 286 g/mol. The molecule has 0 aromatic carbocycles. The molecule has 2 heterocycles. The molecule has 0 atom stereocenters. The Hall–Kier alpha value is -2.96. The smallest absolute Gasteiger partial charge is 0.354 e. The number of hydrogen-bond donors (Lipinski definition) is 2. The van der Waals surface area contributed by atoms with Crippen molar-refractivity contribution >= 4 is 17.7 Å². The minimum atomic E-state index is -1.08. The number of carbonyl (C=O) groups is 2. The Labute approximate surface area is 121 Å². The number of pyridine rings is 2. The number of nitrogens with zero attached hydrogens (tertiary/aromatic N) is 3. The summed E-state index contributed by atoms with van der Waals surface area (Å²) in [6.07, 6.45) is 4.64. The summed E-state index contributed by atoms with van der Waals surface area (Å²) in [5.41, 5.74) is 1.36. The Morgan fingerprint density at radius 2 is 2.10 bits per heavy atom. The maximum Gasteiger partial charge on any atom is 0.354 e. The topological polar surface area (TPSA) is 95.4 Å². The molecule has 0 saturated heterocycles. The van der Waals surface area contributed by atoms with E-state index in [1.54, 1.807) is 37.6 Å². The summed E-state index contributed by atoms with van der Waals surface area (Å²) in [7, 11) is 1.64. The Bertz CT molecular complexity index is 628. The van der Waals surface area contributed by atoms with Crippen molar-refractivity contribution < 1.29 is 14.7 Å². The molecule has 21 heavy (non-hydrogen) atoms. The van der Waals surface area contributed by atoms with Gasteiger partial charge in [0.25, 0.3) is 0 Å². The number of urea groups is 1. The summed E-state index contributed by atoms with van der Waals surface area (Å²) < 4.78 is 0. The van der Waals surface area contributed by atoms with Crippen molar-refractivity contribution in [2.75, 3.05) is 11.9 Å². The SMILES string of the molecule is CN(C(=O)NCc1ccc(C(=O)O)nc1)c1cccnc1. The van der Waals surface area contributed by atoms with Gasteiger partial charge in [0.1, 0.15) is 5.69 Å². The van der Waals surface area contributed by atoms with Gasteiger partial charge in [-0.1, -0.05) is 6.07 Å². The second-order valence-electron chi connectivity index (χ2n) is 4.29. The number of anilines is 1. The van der Waals surface area contributed by atoms with E-state index in [9.17, 15) is 9.59 Å². The molecule has 0 saturated carbocycles. The maximum absolute atomic E-state index is 12.0. The molecule has 2 aromatic heterocycles. The molecule has 0 aliphatic rings. The van der Waals surface area contributed by atoms with Crippen LogP contribution in [0.4, 0.5) is 10.5 Å². The van der Waals surface area contributed by atoms with Gasteiger partial charge in [-0.3, -0.25) is 9.88 Å². The van der Waals surface area contributed by atoms with Crippen molar-refractivity contribution in [2.45, 2.75) is 6.54 Å². The summed E-state index contributed by atoms with van der Waals surface area (Å²) >= 11 is 0. The van der Waals surface area contributed by atoms with Crippen molar-refractivity contribution in [3.63, 3.8) is 0 Å². The van der Waals surface area contributed by atoms with E-state index in [2.05, 4.69) is 15.3 Å². The van der Waals surface area contributed by atoms with Gasteiger partial charge in [-0.15, -0.1) is 0 Å². The number of aromatic carboxylic acids is 1. The number of hydrogen-bond acceptors (Lipinski definition) is 4. The van der Waals surface area contributed by atoms with Gasteiger partial charge in [0.2, 0.25) is 0 Å². The van der Waals surface area contributed by atoms with E-state index < -0.39 is 5.97 Å². The third-order valence-electron chi connectivity index (χ3n) is 2.83. The quantitative estimate of drug-likeness (QED) is 0.888. The number of nitrogens with one attached hydrogen (secondary N) is 1. The fourth-order valence-electron chi connectivity index (χ4n) is 1.62. The number of amides is 2.